The first-order valence-corrected chi connectivity index (χ1v) is 10.1. The van der Waals surface area contributed by atoms with Crippen LogP contribution in [0.25, 0.3) is 5.69 Å². The Balaban J connectivity index is 1.84. The van der Waals surface area contributed by atoms with Crippen LogP contribution in [0.15, 0.2) is 30.5 Å². The van der Waals surface area contributed by atoms with Crippen LogP contribution in [0.2, 0.25) is 0 Å². The standard InChI is InChI=1S/C22H25N5O5/c1-6-26-19(22(30)31-5)18(13(3)25-26)24-20(28)15-8-10-16(11-9-15)27-14(4)17(12-23-27)21(29)32-7-2/h8-12H,6-7H2,1-5H3,(H,24,28). The van der Waals surface area contributed by atoms with Gasteiger partial charge in [-0.1, -0.05) is 0 Å². The Morgan fingerprint density at radius 2 is 1.75 bits per heavy atom. The summed E-state index contributed by atoms with van der Waals surface area (Å²) in [6.45, 7) is 7.79. The number of methoxy groups -OCH3 is 1. The molecule has 10 heteroatoms. The molecule has 0 saturated carbocycles. The monoisotopic (exact) mass is 439 g/mol. The highest BCUT2D eigenvalue weighted by molar-refractivity contribution is 6.08. The van der Waals surface area contributed by atoms with Crippen LogP contribution in [0.5, 0.6) is 0 Å². The molecule has 2 heterocycles. The van der Waals surface area contributed by atoms with Crippen molar-refractivity contribution in [3.05, 3.63) is 58.7 Å². The molecule has 0 fully saturated rings. The third-order valence-electron chi connectivity index (χ3n) is 4.92. The first-order valence-electron chi connectivity index (χ1n) is 10.1. The van der Waals surface area contributed by atoms with E-state index in [-0.39, 0.29) is 12.3 Å². The summed E-state index contributed by atoms with van der Waals surface area (Å²) in [6.07, 6.45) is 1.45. The van der Waals surface area contributed by atoms with E-state index in [4.69, 9.17) is 9.47 Å². The van der Waals surface area contributed by atoms with Crippen molar-refractivity contribution in [2.45, 2.75) is 34.2 Å². The van der Waals surface area contributed by atoms with Gasteiger partial charge in [-0.05, 0) is 52.0 Å². The normalized spacial score (nSPS) is 10.7. The van der Waals surface area contributed by atoms with Crippen molar-refractivity contribution in [2.24, 2.45) is 0 Å². The maximum absolute atomic E-state index is 12.8. The fraction of sp³-hybridized carbons (Fsp3) is 0.318. The number of aromatic nitrogens is 4. The second-order valence-electron chi connectivity index (χ2n) is 6.89. The van der Waals surface area contributed by atoms with Gasteiger partial charge in [0.15, 0.2) is 5.69 Å². The Morgan fingerprint density at radius 3 is 2.34 bits per heavy atom. The van der Waals surface area contributed by atoms with Gasteiger partial charge >= 0.3 is 11.9 Å². The SMILES string of the molecule is CCOC(=O)c1cnn(-c2ccc(C(=O)Nc3c(C)nn(CC)c3C(=O)OC)cc2)c1C. The largest absolute Gasteiger partial charge is 0.464 e. The summed E-state index contributed by atoms with van der Waals surface area (Å²) in [5, 5.41) is 11.3. The Hall–Kier alpha value is -3.95. The summed E-state index contributed by atoms with van der Waals surface area (Å²) in [6, 6.07) is 6.70. The van der Waals surface area contributed by atoms with Crippen molar-refractivity contribution in [3.8, 4) is 5.69 Å². The van der Waals surface area contributed by atoms with Gasteiger partial charge in [0.05, 0.1) is 42.7 Å². The van der Waals surface area contributed by atoms with Crippen LogP contribution >= 0.6 is 0 Å². The highest BCUT2D eigenvalue weighted by Crippen LogP contribution is 2.23. The fourth-order valence-corrected chi connectivity index (χ4v) is 3.28. The smallest absolute Gasteiger partial charge is 0.358 e. The van der Waals surface area contributed by atoms with Crippen LogP contribution in [-0.4, -0.2) is 51.1 Å². The molecule has 1 amide bonds. The van der Waals surface area contributed by atoms with Gasteiger partial charge in [0, 0.05) is 12.1 Å². The molecule has 10 nitrogen and oxygen atoms in total. The van der Waals surface area contributed by atoms with E-state index in [0.717, 1.165) is 0 Å². The molecule has 0 aliphatic heterocycles. The van der Waals surface area contributed by atoms with Gasteiger partial charge in [-0.15, -0.1) is 0 Å². The van der Waals surface area contributed by atoms with Gasteiger partial charge in [-0.25, -0.2) is 14.3 Å². The molecule has 1 N–H and O–H groups in total. The molecular formula is C22H25N5O5. The zero-order chi connectivity index (χ0) is 23.4. The average Bonchev–Trinajstić information content (AvgIpc) is 3.33. The first-order chi connectivity index (χ1) is 15.3. The minimum Gasteiger partial charge on any atom is -0.464 e. The third kappa shape index (κ3) is 4.25. The number of nitrogens with zero attached hydrogens (tertiary/aromatic N) is 4. The summed E-state index contributed by atoms with van der Waals surface area (Å²) in [5.74, 6) is -1.41. The zero-order valence-corrected chi connectivity index (χ0v) is 18.6. The molecular weight excluding hydrogens is 414 g/mol. The quantitative estimate of drug-likeness (QED) is 0.563. The Morgan fingerprint density at radius 1 is 1.06 bits per heavy atom. The van der Waals surface area contributed by atoms with Gasteiger partial charge in [-0.3, -0.25) is 9.48 Å². The number of esters is 2. The highest BCUT2D eigenvalue weighted by Gasteiger charge is 2.24. The fourth-order valence-electron chi connectivity index (χ4n) is 3.28. The molecule has 0 aliphatic rings. The molecule has 2 aromatic heterocycles. The summed E-state index contributed by atoms with van der Waals surface area (Å²) in [7, 11) is 1.28. The lowest BCUT2D eigenvalue weighted by atomic mass is 10.1. The maximum Gasteiger partial charge on any atom is 0.358 e. The van der Waals surface area contributed by atoms with E-state index in [1.54, 1.807) is 49.7 Å². The Kier molecular flexibility index (Phi) is 6.72. The minimum absolute atomic E-state index is 0.191. The molecule has 3 aromatic rings. The molecule has 0 spiro atoms. The molecule has 0 saturated heterocycles. The maximum atomic E-state index is 12.8. The van der Waals surface area contributed by atoms with Crippen LogP contribution in [-0.2, 0) is 16.0 Å². The molecule has 0 aliphatic carbocycles. The predicted molar refractivity (Wildman–Crippen MR) is 116 cm³/mol. The van der Waals surface area contributed by atoms with E-state index in [2.05, 4.69) is 15.5 Å². The summed E-state index contributed by atoms with van der Waals surface area (Å²) in [4.78, 5) is 37.0. The van der Waals surface area contributed by atoms with Gasteiger partial charge in [0.25, 0.3) is 5.91 Å². The van der Waals surface area contributed by atoms with Crippen LogP contribution in [0.3, 0.4) is 0 Å². The number of hydrogen-bond donors (Lipinski definition) is 1. The molecule has 32 heavy (non-hydrogen) atoms. The number of aryl methyl sites for hydroxylation is 2. The number of nitrogens with one attached hydrogen (secondary N) is 1. The minimum atomic E-state index is -0.579. The van der Waals surface area contributed by atoms with Gasteiger partial charge < -0.3 is 14.8 Å². The highest BCUT2D eigenvalue weighted by atomic mass is 16.5. The summed E-state index contributed by atoms with van der Waals surface area (Å²) >= 11 is 0. The summed E-state index contributed by atoms with van der Waals surface area (Å²) in [5.41, 5.74) is 3.09. The van der Waals surface area contributed by atoms with E-state index in [1.807, 2.05) is 6.92 Å². The number of carbonyl (C=O) groups is 3. The topological polar surface area (TPSA) is 117 Å². The van der Waals surface area contributed by atoms with Crippen LogP contribution in [0.4, 0.5) is 5.69 Å². The zero-order valence-electron chi connectivity index (χ0n) is 18.6. The molecule has 0 radical (unpaired) electrons. The van der Waals surface area contributed by atoms with E-state index < -0.39 is 17.8 Å². The Bertz CT molecular complexity index is 1160. The van der Waals surface area contributed by atoms with Crippen molar-refractivity contribution in [1.29, 1.82) is 0 Å². The van der Waals surface area contributed by atoms with Crippen LogP contribution in [0, 0.1) is 13.8 Å². The number of rotatable bonds is 7. The van der Waals surface area contributed by atoms with Crippen molar-refractivity contribution >= 4 is 23.5 Å². The van der Waals surface area contributed by atoms with Gasteiger partial charge in [-0.2, -0.15) is 10.2 Å². The average molecular weight is 439 g/mol. The number of benzene rings is 1. The number of ether oxygens (including phenoxy) is 2. The molecule has 0 atom stereocenters. The Labute approximate surface area is 185 Å². The molecule has 0 unspecified atom stereocenters. The van der Waals surface area contributed by atoms with E-state index >= 15 is 0 Å². The number of carbonyl (C=O) groups excluding carboxylic acids is 3. The lowest BCUT2D eigenvalue weighted by Gasteiger charge is -2.09. The predicted octanol–water partition coefficient (Wildman–Crippen LogP) is 2.92. The lowest BCUT2D eigenvalue weighted by Crippen LogP contribution is -2.17. The van der Waals surface area contributed by atoms with Gasteiger partial charge in [0.1, 0.15) is 5.56 Å². The van der Waals surface area contributed by atoms with E-state index in [1.165, 1.54) is 18.0 Å². The second-order valence-corrected chi connectivity index (χ2v) is 6.89. The molecule has 3 rings (SSSR count). The summed E-state index contributed by atoms with van der Waals surface area (Å²) < 4.78 is 13.0. The van der Waals surface area contributed by atoms with Crippen molar-refractivity contribution in [1.82, 2.24) is 19.6 Å². The number of anilines is 1. The molecule has 168 valence electrons. The van der Waals surface area contributed by atoms with Crippen LogP contribution in [0.1, 0.15) is 56.4 Å². The van der Waals surface area contributed by atoms with E-state index in [0.29, 0.717) is 40.4 Å². The number of amides is 1. The van der Waals surface area contributed by atoms with E-state index in [9.17, 15) is 14.4 Å². The molecule has 1 aromatic carbocycles. The first kappa shape index (κ1) is 22.7. The van der Waals surface area contributed by atoms with Crippen LogP contribution < -0.4 is 5.32 Å². The second kappa shape index (κ2) is 9.46. The molecule has 0 bridgehead atoms. The van der Waals surface area contributed by atoms with Gasteiger partial charge in [0.2, 0.25) is 0 Å². The number of hydrogen-bond acceptors (Lipinski definition) is 7. The lowest BCUT2D eigenvalue weighted by molar-refractivity contribution is 0.0524. The third-order valence-corrected chi connectivity index (χ3v) is 4.92. The van der Waals surface area contributed by atoms with Crippen molar-refractivity contribution in [2.75, 3.05) is 19.0 Å². The van der Waals surface area contributed by atoms with Crippen molar-refractivity contribution < 1.29 is 23.9 Å². The van der Waals surface area contributed by atoms with Crippen molar-refractivity contribution in [3.63, 3.8) is 0 Å².